The number of aliphatic hydroxyl groups excluding tert-OH is 1. The van der Waals surface area contributed by atoms with Crippen LogP contribution in [0.2, 0.25) is 0 Å². The van der Waals surface area contributed by atoms with Crippen LogP contribution in [-0.2, 0) is 14.2 Å². The molecule has 0 aromatic rings. The molecule has 1 saturated heterocycles. The minimum absolute atomic E-state index is 0.102. The molecule has 0 radical (unpaired) electrons. The molecule has 0 unspecified atom stereocenters. The SMILES string of the molecule is CC(C)(C)OC(=O)N1CC=C([C@H]2C[C@H](O)[C@@H]3OC(C)(C)O[C@@H]32)CC1. The first-order chi connectivity index (χ1) is 11.1. The lowest BCUT2D eigenvalue weighted by Gasteiger charge is -2.32. The van der Waals surface area contributed by atoms with Crippen molar-refractivity contribution in [2.45, 2.75) is 77.2 Å². The van der Waals surface area contributed by atoms with Crippen LogP contribution < -0.4 is 0 Å². The molecule has 2 heterocycles. The Morgan fingerprint density at radius 2 is 2.00 bits per heavy atom. The van der Waals surface area contributed by atoms with Gasteiger partial charge in [0.15, 0.2) is 5.79 Å². The number of nitrogens with zero attached hydrogens (tertiary/aromatic N) is 1. The number of hydrogen-bond acceptors (Lipinski definition) is 5. The number of fused-ring (bicyclic) bond motifs is 1. The molecule has 0 aromatic carbocycles. The predicted molar refractivity (Wildman–Crippen MR) is 88.4 cm³/mol. The Labute approximate surface area is 143 Å². The molecular weight excluding hydrogens is 310 g/mol. The summed E-state index contributed by atoms with van der Waals surface area (Å²) < 4.78 is 17.3. The van der Waals surface area contributed by atoms with Gasteiger partial charge in [-0.15, -0.1) is 0 Å². The molecule has 24 heavy (non-hydrogen) atoms. The van der Waals surface area contributed by atoms with Crippen molar-refractivity contribution in [3.05, 3.63) is 11.6 Å². The molecule has 1 amide bonds. The zero-order valence-electron chi connectivity index (χ0n) is 15.2. The van der Waals surface area contributed by atoms with Crippen molar-refractivity contribution in [3.8, 4) is 0 Å². The molecule has 0 aromatic heterocycles. The molecule has 1 N–H and O–H groups in total. The second kappa shape index (κ2) is 6.00. The van der Waals surface area contributed by atoms with E-state index in [0.29, 0.717) is 19.5 Å². The normalized spacial score (nSPS) is 35.6. The lowest BCUT2D eigenvalue weighted by atomic mass is 9.90. The summed E-state index contributed by atoms with van der Waals surface area (Å²) in [5, 5.41) is 10.3. The van der Waals surface area contributed by atoms with E-state index in [1.165, 1.54) is 5.57 Å². The topological polar surface area (TPSA) is 68.2 Å². The first-order valence-electron chi connectivity index (χ1n) is 8.76. The molecule has 1 aliphatic carbocycles. The molecule has 6 heteroatoms. The Morgan fingerprint density at radius 1 is 1.33 bits per heavy atom. The third-order valence-electron chi connectivity index (χ3n) is 4.81. The second-order valence-electron chi connectivity index (χ2n) is 8.43. The van der Waals surface area contributed by atoms with Crippen LogP contribution in [0.5, 0.6) is 0 Å². The monoisotopic (exact) mass is 339 g/mol. The number of carbonyl (C=O) groups excluding carboxylic acids is 1. The van der Waals surface area contributed by atoms with Gasteiger partial charge in [-0.2, -0.15) is 0 Å². The van der Waals surface area contributed by atoms with Crippen LogP contribution in [0.25, 0.3) is 0 Å². The van der Waals surface area contributed by atoms with E-state index in [1.54, 1.807) is 4.90 Å². The lowest BCUT2D eigenvalue weighted by Crippen LogP contribution is -2.40. The maximum atomic E-state index is 12.2. The molecule has 1 saturated carbocycles. The third-order valence-corrected chi connectivity index (χ3v) is 4.81. The number of rotatable bonds is 1. The Kier molecular flexibility index (Phi) is 4.43. The minimum atomic E-state index is -0.646. The second-order valence-corrected chi connectivity index (χ2v) is 8.43. The first kappa shape index (κ1) is 17.7. The van der Waals surface area contributed by atoms with Crippen molar-refractivity contribution in [1.29, 1.82) is 0 Å². The van der Waals surface area contributed by atoms with E-state index in [2.05, 4.69) is 6.08 Å². The fourth-order valence-electron chi connectivity index (χ4n) is 3.83. The summed E-state index contributed by atoms with van der Waals surface area (Å²) >= 11 is 0. The van der Waals surface area contributed by atoms with Gasteiger partial charge in [0.05, 0.1) is 12.2 Å². The van der Waals surface area contributed by atoms with Gasteiger partial charge in [0.1, 0.15) is 11.7 Å². The molecular formula is C18H29NO5. The van der Waals surface area contributed by atoms with Crippen molar-refractivity contribution in [2.24, 2.45) is 5.92 Å². The van der Waals surface area contributed by atoms with Crippen LogP contribution in [0.1, 0.15) is 47.5 Å². The number of aliphatic hydroxyl groups is 1. The predicted octanol–water partition coefficient (Wildman–Crippen LogP) is 2.45. The van der Waals surface area contributed by atoms with Crippen LogP contribution in [0.3, 0.4) is 0 Å². The fourth-order valence-corrected chi connectivity index (χ4v) is 3.83. The highest BCUT2D eigenvalue weighted by molar-refractivity contribution is 5.68. The maximum absolute atomic E-state index is 12.2. The van der Waals surface area contributed by atoms with Crippen LogP contribution in [0.4, 0.5) is 4.79 Å². The van der Waals surface area contributed by atoms with E-state index >= 15 is 0 Å². The molecule has 4 atom stereocenters. The van der Waals surface area contributed by atoms with Gasteiger partial charge in [-0.25, -0.2) is 4.79 Å². The number of amides is 1. The van der Waals surface area contributed by atoms with Crippen molar-refractivity contribution in [1.82, 2.24) is 4.90 Å². The molecule has 2 aliphatic heterocycles. The summed E-state index contributed by atoms with van der Waals surface area (Å²) in [5.74, 6) is -0.486. The molecule has 136 valence electrons. The largest absolute Gasteiger partial charge is 0.444 e. The van der Waals surface area contributed by atoms with E-state index in [0.717, 1.165) is 6.42 Å². The number of hydrogen-bond donors (Lipinski definition) is 1. The van der Waals surface area contributed by atoms with E-state index in [9.17, 15) is 9.90 Å². The smallest absolute Gasteiger partial charge is 0.410 e. The summed E-state index contributed by atoms with van der Waals surface area (Å²) in [6, 6.07) is 0. The lowest BCUT2D eigenvalue weighted by molar-refractivity contribution is -0.165. The van der Waals surface area contributed by atoms with E-state index in [1.807, 2.05) is 34.6 Å². The maximum Gasteiger partial charge on any atom is 0.410 e. The van der Waals surface area contributed by atoms with Crippen LogP contribution in [-0.4, -0.2) is 58.9 Å². The van der Waals surface area contributed by atoms with Crippen molar-refractivity contribution >= 4 is 6.09 Å². The van der Waals surface area contributed by atoms with Crippen molar-refractivity contribution in [2.75, 3.05) is 13.1 Å². The zero-order valence-corrected chi connectivity index (χ0v) is 15.2. The summed E-state index contributed by atoms with van der Waals surface area (Å²) in [5.41, 5.74) is 0.771. The summed E-state index contributed by atoms with van der Waals surface area (Å²) in [6.07, 6.45) is 2.40. The third kappa shape index (κ3) is 3.60. The van der Waals surface area contributed by atoms with Gasteiger partial charge in [-0.3, -0.25) is 0 Å². The number of carbonyl (C=O) groups is 1. The summed E-state index contributed by atoms with van der Waals surface area (Å²) in [4.78, 5) is 13.9. The first-order valence-corrected chi connectivity index (χ1v) is 8.76. The van der Waals surface area contributed by atoms with Crippen LogP contribution in [0, 0.1) is 5.92 Å². The molecule has 0 spiro atoms. The van der Waals surface area contributed by atoms with E-state index in [-0.39, 0.29) is 24.2 Å². The van der Waals surface area contributed by atoms with Gasteiger partial charge in [0.25, 0.3) is 0 Å². The fraction of sp³-hybridized carbons (Fsp3) is 0.833. The van der Waals surface area contributed by atoms with E-state index in [4.69, 9.17) is 14.2 Å². The van der Waals surface area contributed by atoms with Gasteiger partial charge in [-0.05, 0) is 47.5 Å². The van der Waals surface area contributed by atoms with Crippen molar-refractivity contribution in [3.63, 3.8) is 0 Å². The summed E-state index contributed by atoms with van der Waals surface area (Å²) in [6.45, 7) is 10.6. The highest BCUT2D eigenvalue weighted by atomic mass is 16.8. The standard InChI is InChI=1S/C18H29NO5/c1-17(2,3)24-16(21)19-8-6-11(7-9-19)12-10-13(20)15-14(12)22-18(4,5)23-15/h6,12-15,20H,7-10H2,1-5H3/t12-,13+,14-,15+/m1/s1. The van der Waals surface area contributed by atoms with Crippen LogP contribution >= 0.6 is 0 Å². The quantitative estimate of drug-likeness (QED) is 0.743. The Balaban J connectivity index is 1.64. The molecule has 3 rings (SSSR count). The van der Waals surface area contributed by atoms with Gasteiger partial charge in [0, 0.05) is 19.0 Å². The molecule has 3 aliphatic rings. The molecule has 2 fully saturated rings. The highest BCUT2D eigenvalue weighted by Gasteiger charge is 2.54. The van der Waals surface area contributed by atoms with Gasteiger partial charge in [-0.1, -0.05) is 11.6 Å². The molecule has 6 nitrogen and oxygen atoms in total. The van der Waals surface area contributed by atoms with Gasteiger partial charge >= 0.3 is 6.09 Å². The minimum Gasteiger partial charge on any atom is -0.444 e. The van der Waals surface area contributed by atoms with Crippen molar-refractivity contribution < 1.29 is 24.1 Å². The van der Waals surface area contributed by atoms with Crippen LogP contribution in [0.15, 0.2) is 11.6 Å². The summed E-state index contributed by atoms with van der Waals surface area (Å²) in [7, 11) is 0. The Bertz CT molecular complexity index is 536. The highest BCUT2D eigenvalue weighted by Crippen LogP contribution is 2.45. The zero-order chi connectivity index (χ0) is 17.7. The Morgan fingerprint density at radius 3 is 2.58 bits per heavy atom. The van der Waals surface area contributed by atoms with Gasteiger partial charge in [0.2, 0.25) is 0 Å². The molecule has 0 bridgehead atoms. The van der Waals surface area contributed by atoms with E-state index < -0.39 is 17.5 Å². The average Bonchev–Trinajstić information content (AvgIpc) is 2.92. The average molecular weight is 339 g/mol. The number of ether oxygens (including phenoxy) is 3. The van der Waals surface area contributed by atoms with Gasteiger partial charge < -0.3 is 24.2 Å². The Hall–Kier alpha value is -1.11.